The molecule has 3 aromatic rings. The van der Waals surface area contributed by atoms with Gasteiger partial charge < -0.3 is 14.8 Å². The van der Waals surface area contributed by atoms with E-state index in [1.165, 1.54) is 6.07 Å². The van der Waals surface area contributed by atoms with E-state index in [1.807, 2.05) is 31.2 Å². The van der Waals surface area contributed by atoms with Gasteiger partial charge in [-0.1, -0.05) is 30.3 Å². The van der Waals surface area contributed by atoms with Crippen LogP contribution in [0.2, 0.25) is 0 Å². The Labute approximate surface area is 115 Å². The first kappa shape index (κ1) is 12.3. The minimum atomic E-state index is -0.375. The van der Waals surface area contributed by atoms with Crippen molar-refractivity contribution >= 4 is 22.6 Å². The van der Waals surface area contributed by atoms with Crippen molar-refractivity contribution < 1.29 is 14.3 Å². The molecule has 0 saturated carbocycles. The van der Waals surface area contributed by atoms with Crippen molar-refractivity contribution in [2.24, 2.45) is 0 Å². The van der Waals surface area contributed by atoms with Gasteiger partial charge in [0.05, 0.1) is 5.69 Å². The number of hydrogen-bond acceptors (Lipinski definition) is 3. The number of aromatic hydroxyl groups is 1. The standard InChI is InChI=1S/C16H13NO3/c1-10-11-6-2-5-9-14(11)20-15(10)16(19)17-12-7-3-4-8-13(12)18/h2-9,18H,1H3,(H,17,19). The van der Waals surface area contributed by atoms with Gasteiger partial charge in [0.1, 0.15) is 11.3 Å². The molecule has 0 radical (unpaired) electrons. The van der Waals surface area contributed by atoms with E-state index in [-0.39, 0.29) is 17.4 Å². The number of aryl methyl sites for hydroxylation is 1. The third-order valence-electron chi connectivity index (χ3n) is 3.20. The summed E-state index contributed by atoms with van der Waals surface area (Å²) in [5, 5.41) is 13.2. The maximum atomic E-state index is 12.2. The highest BCUT2D eigenvalue weighted by molar-refractivity contribution is 6.07. The first-order chi connectivity index (χ1) is 9.66. The molecule has 0 aliphatic heterocycles. The van der Waals surface area contributed by atoms with Crippen molar-refractivity contribution in [2.45, 2.75) is 6.92 Å². The van der Waals surface area contributed by atoms with Crippen molar-refractivity contribution in [1.29, 1.82) is 0 Å². The molecule has 0 spiro atoms. The number of fused-ring (bicyclic) bond motifs is 1. The molecule has 20 heavy (non-hydrogen) atoms. The predicted molar refractivity (Wildman–Crippen MR) is 77.0 cm³/mol. The molecule has 0 aliphatic rings. The average Bonchev–Trinajstić information content (AvgIpc) is 2.79. The summed E-state index contributed by atoms with van der Waals surface area (Å²) in [6.07, 6.45) is 0. The van der Waals surface area contributed by atoms with Gasteiger partial charge in [-0.2, -0.15) is 0 Å². The Bertz CT molecular complexity index is 789. The number of benzene rings is 2. The van der Waals surface area contributed by atoms with Crippen LogP contribution < -0.4 is 5.32 Å². The van der Waals surface area contributed by atoms with Crippen LogP contribution in [0.15, 0.2) is 52.9 Å². The first-order valence-electron chi connectivity index (χ1n) is 6.24. The molecule has 1 heterocycles. The van der Waals surface area contributed by atoms with Crippen LogP contribution in [-0.2, 0) is 0 Å². The van der Waals surface area contributed by atoms with E-state index in [0.717, 1.165) is 10.9 Å². The third-order valence-corrected chi connectivity index (χ3v) is 3.20. The Kier molecular flexibility index (Phi) is 2.91. The summed E-state index contributed by atoms with van der Waals surface area (Å²) in [5.41, 5.74) is 1.82. The van der Waals surface area contributed by atoms with Crippen LogP contribution in [0.1, 0.15) is 16.1 Å². The highest BCUT2D eigenvalue weighted by atomic mass is 16.3. The Morgan fingerprint density at radius 3 is 2.55 bits per heavy atom. The topological polar surface area (TPSA) is 62.5 Å². The SMILES string of the molecule is Cc1c(C(=O)Nc2ccccc2O)oc2ccccc12. The Balaban J connectivity index is 1.97. The van der Waals surface area contributed by atoms with Crippen LogP contribution in [0.4, 0.5) is 5.69 Å². The molecule has 0 bridgehead atoms. The highest BCUT2D eigenvalue weighted by Crippen LogP contribution is 2.27. The zero-order chi connectivity index (χ0) is 14.1. The summed E-state index contributed by atoms with van der Waals surface area (Å²) < 4.78 is 5.58. The van der Waals surface area contributed by atoms with E-state index >= 15 is 0 Å². The lowest BCUT2D eigenvalue weighted by molar-refractivity contribution is 0.0997. The van der Waals surface area contributed by atoms with Gasteiger partial charge in [0.25, 0.3) is 5.91 Å². The molecule has 1 amide bonds. The van der Waals surface area contributed by atoms with Gasteiger partial charge in [-0.25, -0.2) is 0 Å². The van der Waals surface area contributed by atoms with E-state index in [9.17, 15) is 9.90 Å². The Morgan fingerprint density at radius 2 is 1.80 bits per heavy atom. The number of nitrogens with one attached hydrogen (secondary N) is 1. The molecule has 0 aliphatic carbocycles. The number of amides is 1. The molecule has 1 aromatic heterocycles. The monoisotopic (exact) mass is 267 g/mol. The maximum absolute atomic E-state index is 12.2. The summed E-state index contributed by atoms with van der Waals surface area (Å²) in [7, 11) is 0. The van der Waals surface area contributed by atoms with Gasteiger partial charge in [-0.3, -0.25) is 4.79 Å². The van der Waals surface area contributed by atoms with Crippen LogP contribution in [0.5, 0.6) is 5.75 Å². The fourth-order valence-electron chi connectivity index (χ4n) is 2.15. The van der Waals surface area contributed by atoms with E-state index < -0.39 is 0 Å². The van der Waals surface area contributed by atoms with Crippen LogP contribution >= 0.6 is 0 Å². The second-order valence-corrected chi connectivity index (χ2v) is 4.52. The summed E-state index contributed by atoms with van der Waals surface area (Å²) in [5.74, 6) is -0.0933. The van der Waals surface area contributed by atoms with E-state index in [2.05, 4.69) is 5.32 Å². The number of hydrogen-bond donors (Lipinski definition) is 2. The van der Waals surface area contributed by atoms with Crippen molar-refractivity contribution in [3.05, 3.63) is 59.9 Å². The average molecular weight is 267 g/mol. The molecule has 3 rings (SSSR count). The molecular weight excluding hydrogens is 254 g/mol. The fraction of sp³-hybridized carbons (Fsp3) is 0.0625. The predicted octanol–water partition coefficient (Wildman–Crippen LogP) is 3.70. The van der Waals surface area contributed by atoms with Gasteiger partial charge >= 0.3 is 0 Å². The molecule has 0 fully saturated rings. The van der Waals surface area contributed by atoms with Crippen LogP contribution in [0, 0.1) is 6.92 Å². The number of phenolic OH excluding ortho intramolecular Hbond substituents is 1. The molecule has 100 valence electrons. The van der Waals surface area contributed by atoms with Gasteiger partial charge in [0.2, 0.25) is 0 Å². The summed E-state index contributed by atoms with van der Waals surface area (Å²) in [4.78, 5) is 12.2. The molecule has 0 saturated heterocycles. The lowest BCUT2D eigenvalue weighted by Gasteiger charge is -2.05. The smallest absolute Gasteiger partial charge is 0.291 e. The number of furan rings is 1. The van der Waals surface area contributed by atoms with Crippen LogP contribution in [0.25, 0.3) is 11.0 Å². The molecule has 2 N–H and O–H groups in total. The normalized spacial score (nSPS) is 10.7. The second-order valence-electron chi connectivity index (χ2n) is 4.52. The van der Waals surface area contributed by atoms with Crippen molar-refractivity contribution in [1.82, 2.24) is 0 Å². The molecule has 0 unspecified atom stereocenters. The summed E-state index contributed by atoms with van der Waals surface area (Å²) in [6.45, 7) is 1.84. The zero-order valence-corrected chi connectivity index (χ0v) is 10.9. The van der Waals surface area contributed by atoms with Gasteiger partial charge in [-0.15, -0.1) is 0 Å². The Morgan fingerprint density at radius 1 is 1.10 bits per heavy atom. The summed E-state index contributed by atoms with van der Waals surface area (Å²) in [6, 6.07) is 14.1. The van der Waals surface area contributed by atoms with E-state index in [1.54, 1.807) is 18.2 Å². The zero-order valence-electron chi connectivity index (χ0n) is 10.9. The number of carbonyl (C=O) groups is 1. The second kappa shape index (κ2) is 4.74. The number of anilines is 1. The molecule has 4 nitrogen and oxygen atoms in total. The summed E-state index contributed by atoms with van der Waals surface area (Å²) >= 11 is 0. The van der Waals surface area contributed by atoms with Gasteiger partial charge in [0.15, 0.2) is 5.76 Å². The molecular formula is C16H13NO3. The lowest BCUT2D eigenvalue weighted by Crippen LogP contribution is -2.12. The van der Waals surface area contributed by atoms with Crippen molar-refractivity contribution in [2.75, 3.05) is 5.32 Å². The number of rotatable bonds is 2. The quantitative estimate of drug-likeness (QED) is 0.696. The lowest BCUT2D eigenvalue weighted by atomic mass is 10.1. The molecule has 4 heteroatoms. The molecule has 2 aromatic carbocycles. The van der Waals surface area contributed by atoms with Crippen molar-refractivity contribution in [3.8, 4) is 5.75 Å². The van der Waals surface area contributed by atoms with Gasteiger partial charge in [-0.05, 0) is 25.1 Å². The number of para-hydroxylation sites is 3. The minimum Gasteiger partial charge on any atom is -0.506 e. The maximum Gasteiger partial charge on any atom is 0.291 e. The largest absolute Gasteiger partial charge is 0.506 e. The van der Waals surface area contributed by atoms with Gasteiger partial charge in [0, 0.05) is 10.9 Å². The molecule has 0 atom stereocenters. The minimum absolute atomic E-state index is 0.0228. The fourth-order valence-corrected chi connectivity index (χ4v) is 2.15. The van der Waals surface area contributed by atoms with Crippen molar-refractivity contribution in [3.63, 3.8) is 0 Å². The first-order valence-corrected chi connectivity index (χ1v) is 6.24. The van der Waals surface area contributed by atoms with E-state index in [0.29, 0.717) is 11.3 Å². The van der Waals surface area contributed by atoms with Crippen LogP contribution in [0.3, 0.4) is 0 Å². The highest BCUT2D eigenvalue weighted by Gasteiger charge is 2.18. The van der Waals surface area contributed by atoms with Crippen LogP contribution in [-0.4, -0.2) is 11.0 Å². The number of phenols is 1. The van der Waals surface area contributed by atoms with E-state index in [4.69, 9.17) is 4.42 Å². The Hall–Kier alpha value is -2.75. The number of carbonyl (C=O) groups excluding carboxylic acids is 1. The third kappa shape index (κ3) is 2.01.